The molecule has 2 N–H and O–H groups in total. The monoisotopic (exact) mass is 308 g/mol. The molecule has 0 amide bonds. The van der Waals surface area contributed by atoms with Crippen molar-refractivity contribution in [1.29, 1.82) is 0 Å². The minimum absolute atomic E-state index is 0.0876. The van der Waals surface area contributed by atoms with Crippen molar-refractivity contribution in [1.82, 2.24) is 0 Å². The predicted octanol–water partition coefficient (Wildman–Crippen LogP) is 3.62. The second-order valence-electron chi connectivity index (χ2n) is 8.89. The number of alkyl halides is 1. The van der Waals surface area contributed by atoms with Crippen molar-refractivity contribution in [2.75, 3.05) is 0 Å². The average Bonchev–Trinajstić information content (AvgIpc) is 2.74. The molecule has 3 fully saturated rings. The van der Waals surface area contributed by atoms with Crippen LogP contribution in [0.4, 0.5) is 4.39 Å². The molecule has 0 aromatic rings. The van der Waals surface area contributed by atoms with Crippen LogP contribution < -0.4 is 0 Å². The molecule has 0 aromatic carbocycles. The zero-order valence-corrected chi connectivity index (χ0v) is 13.8. The lowest BCUT2D eigenvalue weighted by molar-refractivity contribution is -0.0770. The van der Waals surface area contributed by atoms with Gasteiger partial charge in [0.1, 0.15) is 6.17 Å². The summed E-state index contributed by atoms with van der Waals surface area (Å²) in [4.78, 5) is 0. The molecular formula is C19H29FO2. The highest BCUT2D eigenvalue weighted by molar-refractivity contribution is 5.28. The van der Waals surface area contributed by atoms with Gasteiger partial charge in [0.2, 0.25) is 0 Å². The second kappa shape index (κ2) is 4.80. The first-order chi connectivity index (χ1) is 10.4. The highest BCUT2D eigenvalue weighted by Crippen LogP contribution is 2.65. The molecule has 0 radical (unpaired) electrons. The van der Waals surface area contributed by atoms with Crippen LogP contribution >= 0.6 is 0 Å². The van der Waals surface area contributed by atoms with E-state index in [1.165, 1.54) is 0 Å². The van der Waals surface area contributed by atoms with Gasteiger partial charge in [-0.25, -0.2) is 4.39 Å². The summed E-state index contributed by atoms with van der Waals surface area (Å²) in [6.45, 7) is 4.41. The molecule has 22 heavy (non-hydrogen) atoms. The Morgan fingerprint density at radius 1 is 1.14 bits per heavy atom. The third-order valence-electron chi connectivity index (χ3n) is 7.92. The van der Waals surface area contributed by atoms with Crippen molar-refractivity contribution in [3.8, 4) is 0 Å². The van der Waals surface area contributed by atoms with E-state index in [-0.39, 0.29) is 10.8 Å². The van der Waals surface area contributed by atoms with Crippen molar-refractivity contribution in [2.24, 2.45) is 28.6 Å². The normalized spacial score (nSPS) is 57.6. The van der Waals surface area contributed by atoms with E-state index in [0.29, 0.717) is 24.2 Å². The lowest BCUT2D eigenvalue weighted by Crippen LogP contribution is -2.53. The summed E-state index contributed by atoms with van der Waals surface area (Å²) in [6, 6.07) is 0. The van der Waals surface area contributed by atoms with Crippen LogP contribution in [0.3, 0.4) is 0 Å². The summed E-state index contributed by atoms with van der Waals surface area (Å²) >= 11 is 0. The Hall–Kier alpha value is -0.410. The molecule has 8 atom stereocenters. The third kappa shape index (κ3) is 1.84. The summed E-state index contributed by atoms with van der Waals surface area (Å²) in [5.74, 6) is 1.51. The van der Waals surface area contributed by atoms with Crippen LogP contribution in [0.5, 0.6) is 0 Å². The maximum absolute atomic E-state index is 14.5. The summed E-state index contributed by atoms with van der Waals surface area (Å²) < 4.78 is 14.5. The van der Waals surface area contributed by atoms with Crippen molar-refractivity contribution < 1.29 is 14.6 Å². The van der Waals surface area contributed by atoms with Crippen molar-refractivity contribution in [3.63, 3.8) is 0 Å². The first-order valence-electron chi connectivity index (χ1n) is 9.07. The van der Waals surface area contributed by atoms with Crippen LogP contribution in [0.25, 0.3) is 0 Å². The lowest BCUT2D eigenvalue weighted by atomic mass is 9.47. The van der Waals surface area contributed by atoms with Crippen molar-refractivity contribution in [2.45, 2.75) is 77.2 Å². The van der Waals surface area contributed by atoms with Gasteiger partial charge in [-0.3, -0.25) is 0 Å². The number of aliphatic hydroxyl groups excluding tert-OH is 2. The lowest BCUT2D eigenvalue weighted by Gasteiger charge is -2.58. The highest BCUT2D eigenvalue weighted by atomic mass is 19.1. The van der Waals surface area contributed by atoms with E-state index in [0.717, 1.165) is 44.1 Å². The van der Waals surface area contributed by atoms with Gasteiger partial charge in [0.05, 0.1) is 12.2 Å². The van der Waals surface area contributed by atoms with Crippen LogP contribution in [-0.4, -0.2) is 28.6 Å². The molecule has 0 aromatic heterocycles. The SMILES string of the molecule is C[C@]12CC(O)CC(O)C1=CC[C@@H]1[C@H]2CC[C@]2(C)C(F)CC[C@@H]12. The molecule has 0 heterocycles. The Bertz CT molecular complexity index is 504. The van der Waals surface area contributed by atoms with Gasteiger partial charge in [-0.15, -0.1) is 0 Å². The fraction of sp³-hybridized carbons (Fsp3) is 0.895. The Kier molecular flexibility index (Phi) is 3.30. The molecule has 3 unspecified atom stereocenters. The van der Waals surface area contributed by atoms with Crippen LogP contribution in [-0.2, 0) is 0 Å². The maximum atomic E-state index is 14.5. The van der Waals surface area contributed by atoms with Gasteiger partial charge in [-0.1, -0.05) is 19.9 Å². The minimum Gasteiger partial charge on any atom is -0.393 e. The Morgan fingerprint density at radius 3 is 2.68 bits per heavy atom. The fourth-order valence-electron chi connectivity index (χ4n) is 6.80. The number of halogens is 1. The number of fused-ring (bicyclic) bond motifs is 5. The Balaban J connectivity index is 1.71. The number of hydrogen-bond donors (Lipinski definition) is 2. The molecular weight excluding hydrogens is 279 g/mol. The van der Waals surface area contributed by atoms with E-state index >= 15 is 0 Å². The van der Waals surface area contributed by atoms with E-state index in [2.05, 4.69) is 19.9 Å². The minimum atomic E-state index is -0.640. The van der Waals surface area contributed by atoms with Crippen molar-refractivity contribution in [3.05, 3.63) is 11.6 Å². The van der Waals surface area contributed by atoms with Gasteiger partial charge in [0.25, 0.3) is 0 Å². The van der Waals surface area contributed by atoms with Gasteiger partial charge < -0.3 is 10.2 Å². The molecule has 124 valence electrons. The molecule has 0 saturated heterocycles. The molecule has 0 bridgehead atoms. The van der Waals surface area contributed by atoms with Crippen LogP contribution in [0.2, 0.25) is 0 Å². The van der Waals surface area contributed by atoms with Gasteiger partial charge >= 0.3 is 0 Å². The first kappa shape index (κ1) is 15.1. The molecule has 3 heteroatoms. The third-order valence-corrected chi connectivity index (χ3v) is 7.92. The van der Waals surface area contributed by atoms with Crippen LogP contribution in [0.15, 0.2) is 11.6 Å². The van der Waals surface area contributed by atoms with Gasteiger partial charge in [-0.2, -0.15) is 0 Å². The summed E-state index contributed by atoms with van der Waals surface area (Å²) in [5, 5.41) is 20.6. The summed E-state index contributed by atoms with van der Waals surface area (Å²) in [7, 11) is 0. The first-order valence-corrected chi connectivity index (χ1v) is 9.07. The van der Waals surface area contributed by atoms with E-state index < -0.39 is 18.4 Å². The quantitative estimate of drug-likeness (QED) is 0.671. The number of rotatable bonds is 0. The Labute approximate surface area is 132 Å². The fourth-order valence-corrected chi connectivity index (χ4v) is 6.80. The largest absolute Gasteiger partial charge is 0.393 e. The molecule has 2 nitrogen and oxygen atoms in total. The highest BCUT2D eigenvalue weighted by Gasteiger charge is 2.59. The molecule has 0 spiro atoms. The van der Waals surface area contributed by atoms with E-state index in [4.69, 9.17) is 0 Å². The van der Waals surface area contributed by atoms with Gasteiger partial charge in [0.15, 0.2) is 0 Å². The second-order valence-corrected chi connectivity index (χ2v) is 8.89. The standard InChI is InChI=1S/C19H29FO2/c1-18-8-7-14-12(13(18)5-6-17(18)20)3-4-15-16(22)9-11(21)10-19(14,15)2/h4,11-14,16-17,21-22H,3,5-10H2,1-2H3/t11?,12-,13-,14+,16?,17?,18-,19+/m0/s1. The molecule has 0 aliphatic heterocycles. The smallest absolute Gasteiger partial charge is 0.106 e. The Morgan fingerprint density at radius 2 is 1.91 bits per heavy atom. The van der Waals surface area contributed by atoms with E-state index in [1.54, 1.807) is 0 Å². The zero-order chi connectivity index (χ0) is 15.7. The zero-order valence-electron chi connectivity index (χ0n) is 13.8. The summed E-state index contributed by atoms with van der Waals surface area (Å²) in [6.07, 6.45) is 6.71. The summed E-state index contributed by atoms with van der Waals surface area (Å²) in [5.41, 5.74) is 0.947. The van der Waals surface area contributed by atoms with E-state index in [1.807, 2.05) is 0 Å². The molecule has 4 rings (SSSR count). The van der Waals surface area contributed by atoms with Crippen LogP contribution in [0, 0.1) is 28.6 Å². The maximum Gasteiger partial charge on any atom is 0.106 e. The molecule has 4 aliphatic rings. The van der Waals surface area contributed by atoms with E-state index in [9.17, 15) is 14.6 Å². The topological polar surface area (TPSA) is 40.5 Å². The molecule has 3 saturated carbocycles. The van der Waals surface area contributed by atoms with Gasteiger partial charge in [-0.05, 0) is 67.3 Å². The van der Waals surface area contributed by atoms with Crippen molar-refractivity contribution >= 4 is 0 Å². The number of hydrogen-bond acceptors (Lipinski definition) is 2. The average molecular weight is 308 g/mol. The molecule has 4 aliphatic carbocycles. The van der Waals surface area contributed by atoms with Gasteiger partial charge in [0, 0.05) is 11.8 Å². The van der Waals surface area contributed by atoms with Crippen LogP contribution in [0.1, 0.15) is 58.8 Å². The number of allylic oxidation sites excluding steroid dienone is 1. The predicted molar refractivity (Wildman–Crippen MR) is 84.0 cm³/mol. The number of aliphatic hydroxyl groups is 2.